The van der Waals surface area contributed by atoms with Gasteiger partial charge in [0.1, 0.15) is 0 Å². The molecule has 3 atom stereocenters. The van der Waals surface area contributed by atoms with Gasteiger partial charge in [0.2, 0.25) is 5.89 Å². The lowest BCUT2D eigenvalue weighted by Crippen LogP contribution is -2.25. The molecular formula is C12H22N4OS. The van der Waals surface area contributed by atoms with Gasteiger partial charge >= 0.3 is 6.01 Å². The second-order valence-corrected chi connectivity index (χ2v) is 5.76. The summed E-state index contributed by atoms with van der Waals surface area (Å²) in [5, 5.41) is 15.4. The normalized spacial score (nSPS) is 25.3. The van der Waals surface area contributed by atoms with Crippen molar-refractivity contribution in [3.05, 3.63) is 5.89 Å². The zero-order valence-corrected chi connectivity index (χ0v) is 12.1. The largest absolute Gasteiger partial charge is 0.406 e. The van der Waals surface area contributed by atoms with Gasteiger partial charge in [0, 0.05) is 11.3 Å². The van der Waals surface area contributed by atoms with Crippen LogP contribution >= 0.6 is 11.8 Å². The summed E-state index contributed by atoms with van der Waals surface area (Å²) in [6.45, 7) is 4.98. The van der Waals surface area contributed by atoms with Crippen LogP contribution in [0.25, 0.3) is 0 Å². The van der Waals surface area contributed by atoms with Gasteiger partial charge in [0.15, 0.2) is 0 Å². The summed E-state index contributed by atoms with van der Waals surface area (Å²) in [5.74, 6) is 0.651. The van der Waals surface area contributed by atoms with Crippen molar-refractivity contribution in [1.29, 1.82) is 0 Å². The van der Waals surface area contributed by atoms with Crippen LogP contribution in [0.3, 0.4) is 0 Å². The van der Waals surface area contributed by atoms with Crippen molar-refractivity contribution in [2.24, 2.45) is 0 Å². The van der Waals surface area contributed by atoms with Crippen LogP contribution in [-0.2, 0) is 0 Å². The van der Waals surface area contributed by atoms with Gasteiger partial charge in [-0.1, -0.05) is 18.4 Å². The predicted octanol–water partition coefficient (Wildman–Crippen LogP) is 2.44. The maximum atomic E-state index is 5.65. The summed E-state index contributed by atoms with van der Waals surface area (Å²) in [6.07, 6.45) is 5.90. The number of thioether (sulfide) groups is 1. The number of aromatic nitrogens is 2. The van der Waals surface area contributed by atoms with Crippen LogP contribution in [0.2, 0.25) is 0 Å². The van der Waals surface area contributed by atoms with Crippen molar-refractivity contribution < 1.29 is 4.42 Å². The molecule has 0 saturated heterocycles. The molecule has 1 saturated carbocycles. The van der Waals surface area contributed by atoms with Gasteiger partial charge < -0.3 is 15.1 Å². The molecule has 2 rings (SSSR count). The quantitative estimate of drug-likeness (QED) is 0.828. The summed E-state index contributed by atoms with van der Waals surface area (Å²) < 4.78 is 5.65. The molecule has 102 valence electrons. The smallest absolute Gasteiger partial charge is 0.315 e. The number of anilines is 1. The van der Waals surface area contributed by atoms with Gasteiger partial charge in [-0.15, -0.1) is 5.10 Å². The Kier molecular flexibility index (Phi) is 4.88. The van der Waals surface area contributed by atoms with Gasteiger partial charge in [-0.2, -0.15) is 11.8 Å². The van der Waals surface area contributed by atoms with E-state index in [1.54, 1.807) is 0 Å². The van der Waals surface area contributed by atoms with Crippen LogP contribution in [0.1, 0.15) is 45.0 Å². The molecule has 0 spiro atoms. The maximum absolute atomic E-state index is 5.65. The zero-order chi connectivity index (χ0) is 13.0. The van der Waals surface area contributed by atoms with E-state index >= 15 is 0 Å². The van der Waals surface area contributed by atoms with E-state index in [0.29, 0.717) is 23.2 Å². The van der Waals surface area contributed by atoms with Gasteiger partial charge in [-0.3, -0.25) is 0 Å². The van der Waals surface area contributed by atoms with Gasteiger partial charge in [0.05, 0.1) is 6.04 Å². The number of nitrogens with one attached hydrogen (secondary N) is 2. The lowest BCUT2D eigenvalue weighted by molar-refractivity contribution is 0.426. The van der Waals surface area contributed by atoms with Crippen LogP contribution < -0.4 is 10.6 Å². The highest BCUT2D eigenvalue weighted by Crippen LogP contribution is 2.30. The van der Waals surface area contributed by atoms with Crippen molar-refractivity contribution in [3.8, 4) is 0 Å². The average Bonchev–Trinajstić information content (AvgIpc) is 2.99. The summed E-state index contributed by atoms with van der Waals surface area (Å²) in [4.78, 5) is 0. The Labute approximate surface area is 112 Å². The van der Waals surface area contributed by atoms with Crippen LogP contribution in [0, 0.1) is 0 Å². The molecule has 0 radical (unpaired) electrons. The Bertz CT molecular complexity index is 371. The molecule has 18 heavy (non-hydrogen) atoms. The summed E-state index contributed by atoms with van der Waals surface area (Å²) in [5.41, 5.74) is 0. The Morgan fingerprint density at radius 3 is 3.00 bits per heavy atom. The molecule has 0 bridgehead atoms. The molecule has 1 aromatic rings. The second-order valence-electron chi connectivity index (χ2n) is 4.68. The van der Waals surface area contributed by atoms with Crippen molar-refractivity contribution in [2.75, 3.05) is 18.1 Å². The Morgan fingerprint density at radius 1 is 1.44 bits per heavy atom. The van der Waals surface area contributed by atoms with E-state index in [0.717, 1.165) is 6.54 Å². The molecule has 0 aliphatic heterocycles. The number of hydrogen-bond donors (Lipinski definition) is 2. The molecule has 1 aliphatic rings. The molecule has 3 unspecified atom stereocenters. The molecular weight excluding hydrogens is 248 g/mol. The first-order valence-corrected chi connectivity index (χ1v) is 7.89. The number of rotatable bonds is 6. The average molecular weight is 270 g/mol. The molecule has 0 aromatic carbocycles. The van der Waals surface area contributed by atoms with E-state index < -0.39 is 0 Å². The summed E-state index contributed by atoms with van der Waals surface area (Å²) in [7, 11) is 0. The molecule has 1 aliphatic carbocycles. The highest BCUT2D eigenvalue weighted by molar-refractivity contribution is 7.99. The third kappa shape index (κ3) is 3.17. The number of hydrogen-bond acceptors (Lipinski definition) is 6. The Hall–Kier alpha value is -0.750. The fraction of sp³-hybridized carbons (Fsp3) is 0.833. The van der Waals surface area contributed by atoms with Crippen molar-refractivity contribution in [3.63, 3.8) is 0 Å². The summed E-state index contributed by atoms with van der Waals surface area (Å²) in [6, 6.07) is 1.13. The molecule has 1 heterocycles. The summed E-state index contributed by atoms with van der Waals surface area (Å²) >= 11 is 1.92. The van der Waals surface area contributed by atoms with E-state index in [2.05, 4.69) is 34.0 Å². The molecule has 1 fully saturated rings. The van der Waals surface area contributed by atoms with Crippen molar-refractivity contribution >= 4 is 17.8 Å². The number of nitrogens with zero attached hydrogens (tertiary/aromatic N) is 2. The SMILES string of the molecule is CCNC(C)c1nnc(NC2CCCC2SC)o1. The van der Waals surface area contributed by atoms with Gasteiger partial charge in [-0.25, -0.2) is 0 Å². The highest BCUT2D eigenvalue weighted by Gasteiger charge is 2.27. The predicted molar refractivity (Wildman–Crippen MR) is 75.0 cm³/mol. The van der Waals surface area contributed by atoms with Crippen LogP contribution in [-0.4, -0.2) is 34.3 Å². The minimum absolute atomic E-state index is 0.109. The third-order valence-corrected chi connectivity index (χ3v) is 4.56. The highest BCUT2D eigenvalue weighted by atomic mass is 32.2. The molecule has 0 amide bonds. The topological polar surface area (TPSA) is 63.0 Å². The van der Waals surface area contributed by atoms with E-state index in [-0.39, 0.29) is 6.04 Å². The first-order valence-electron chi connectivity index (χ1n) is 6.60. The van der Waals surface area contributed by atoms with Crippen molar-refractivity contribution in [1.82, 2.24) is 15.5 Å². The molecule has 6 heteroatoms. The zero-order valence-electron chi connectivity index (χ0n) is 11.3. The van der Waals surface area contributed by atoms with Crippen LogP contribution in [0.15, 0.2) is 4.42 Å². The fourth-order valence-electron chi connectivity index (χ4n) is 2.39. The molecule has 2 N–H and O–H groups in total. The first kappa shape index (κ1) is 13.7. The minimum atomic E-state index is 0.109. The monoisotopic (exact) mass is 270 g/mol. The van der Waals surface area contributed by atoms with E-state index in [1.807, 2.05) is 18.7 Å². The second kappa shape index (κ2) is 6.43. The van der Waals surface area contributed by atoms with E-state index in [4.69, 9.17) is 4.42 Å². The fourth-order valence-corrected chi connectivity index (χ4v) is 3.33. The molecule has 5 nitrogen and oxygen atoms in total. The Morgan fingerprint density at radius 2 is 2.28 bits per heavy atom. The van der Waals surface area contributed by atoms with Crippen molar-refractivity contribution in [2.45, 2.75) is 50.4 Å². The molecule has 1 aromatic heterocycles. The Balaban J connectivity index is 1.94. The van der Waals surface area contributed by atoms with Crippen LogP contribution in [0.5, 0.6) is 0 Å². The van der Waals surface area contributed by atoms with Gasteiger partial charge in [-0.05, 0) is 32.6 Å². The van der Waals surface area contributed by atoms with Gasteiger partial charge in [0.25, 0.3) is 0 Å². The standard InChI is InChI=1S/C12H22N4OS/c1-4-13-8(2)11-15-16-12(17-11)14-9-6-5-7-10(9)18-3/h8-10,13H,4-7H2,1-3H3,(H,14,16). The maximum Gasteiger partial charge on any atom is 0.315 e. The lowest BCUT2D eigenvalue weighted by Gasteiger charge is -2.17. The van der Waals surface area contributed by atoms with Crippen LogP contribution in [0.4, 0.5) is 6.01 Å². The third-order valence-electron chi connectivity index (χ3n) is 3.39. The first-order chi connectivity index (χ1) is 8.74. The van der Waals surface area contributed by atoms with E-state index in [1.165, 1.54) is 19.3 Å². The lowest BCUT2D eigenvalue weighted by atomic mass is 10.2. The van der Waals surface area contributed by atoms with E-state index in [9.17, 15) is 0 Å². The minimum Gasteiger partial charge on any atom is -0.406 e.